The highest BCUT2D eigenvalue weighted by Gasteiger charge is 2.56. The van der Waals surface area contributed by atoms with Crippen molar-refractivity contribution in [3.05, 3.63) is 33.8 Å². The molecule has 1 saturated carbocycles. The Bertz CT molecular complexity index is 573. The second-order valence-corrected chi connectivity index (χ2v) is 7.61. The van der Waals surface area contributed by atoms with Gasteiger partial charge in [-0.3, -0.25) is 4.79 Å². The molecule has 0 saturated heterocycles. The summed E-state index contributed by atoms with van der Waals surface area (Å²) in [5, 5.41) is 0.715. The van der Waals surface area contributed by atoms with Gasteiger partial charge in [-0.25, -0.2) is 0 Å². The van der Waals surface area contributed by atoms with Gasteiger partial charge >= 0.3 is 0 Å². The van der Waals surface area contributed by atoms with Crippen LogP contribution in [0.3, 0.4) is 0 Å². The van der Waals surface area contributed by atoms with Gasteiger partial charge in [0, 0.05) is 21.9 Å². The van der Waals surface area contributed by atoms with Gasteiger partial charge in [-0.15, -0.1) is 0 Å². The van der Waals surface area contributed by atoms with E-state index in [0.29, 0.717) is 10.8 Å². The first-order chi connectivity index (χ1) is 8.77. The van der Waals surface area contributed by atoms with Crippen LogP contribution in [-0.4, -0.2) is 5.78 Å². The number of rotatable bonds is 0. The van der Waals surface area contributed by atoms with Gasteiger partial charge < -0.3 is 0 Å². The predicted octanol–water partition coefficient (Wildman–Crippen LogP) is 4.93. The lowest BCUT2D eigenvalue weighted by Crippen LogP contribution is -2.44. The SMILES string of the molecule is Cc1cc2c(cc1Cl)C(=O)C1C(C)(C)CCCC21C. The molecule has 3 rings (SSSR count). The van der Waals surface area contributed by atoms with Crippen LogP contribution in [0.15, 0.2) is 12.1 Å². The fourth-order valence-electron chi connectivity index (χ4n) is 4.51. The summed E-state index contributed by atoms with van der Waals surface area (Å²) in [5.41, 5.74) is 3.28. The Morgan fingerprint density at radius 2 is 1.89 bits per heavy atom. The average molecular weight is 277 g/mol. The van der Waals surface area contributed by atoms with Gasteiger partial charge in [-0.05, 0) is 42.4 Å². The van der Waals surface area contributed by atoms with Crippen molar-refractivity contribution in [3.63, 3.8) is 0 Å². The van der Waals surface area contributed by atoms with Gasteiger partial charge in [-0.1, -0.05) is 44.9 Å². The van der Waals surface area contributed by atoms with Gasteiger partial charge in [0.25, 0.3) is 0 Å². The van der Waals surface area contributed by atoms with Gasteiger partial charge in [0.05, 0.1) is 0 Å². The van der Waals surface area contributed by atoms with E-state index in [1.165, 1.54) is 12.0 Å². The Labute approximate surface area is 120 Å². The summed E-state index contributed by atoms with van der Waals surface area (Å²) in [6.07, 6.45) is 3.45. The zero-order valence-electron chi connectivity index (χ0n) is 12.1. The Morgan fingerprint density at radius 3 is 2.58 bits per heavy atom. The summed E-state index contributed by atoms with van der Waals surface area (Å²) in [6, 6.07) is 4.05. The molecule has 2 unspecified atom stereocenters. The van der Waals surface area contributed by atoms with E-state index in [1.54, 1.807) is 0 Å². The normalized spacial score (nSPS) is 32.1. The van der Waals surface area contributed by atoms with Crippen molar-refractivity contribution in [1.29, 1.82) is 0 Å². The number of carbonyl (C=O) groups is 1. The summed E-state index contributed by atoms with van der Waals surface area (Å²) in [4.78, 5) is 12.9. The molecule has 2 atom stereocenters. The number of aryl methyl sites for hydroxylation is 1. The highest BCUT2D eigenvalue weighted by molar-refractivity contribution is 6.32. The molecule has 2 heteroatoms. The molecule has 2 aliphatic carbocycles. The largest absolute Gasteiger partial charge is 0.294 e. The second-order valence-electron chi connectivity index (χ2n) is 7.20. The maximum Gasteiger partial charge on any atom is 0.167 e. The van der Waals surface area contributed by atoms with E-state index < -0.39 is 0 Å². The number of hydrogen-bond donors (Lipinski definition) is 0. The van der Waals surface area contributed by atoms with Crippen molar-refractivity contribution >= 4 is 17.4 Å². The molecule has 0 bridgehead atoms. The Hall–Kier alpha value is -0.820. The van der Waals surface area contributed by atoms with E-state index in [4.69, 9.17) is 11.6 Å². The third kappa shape index (κ3) is 1.64. The van der Waals surface area contributed by atoms with Crippen LogP contribution < -0.4 is 0 Å². The minimum atomic E-state index is 0.00349. The lowest BCUT2D eigenvalue weighted by atomic mass is 9.56. The van der Waals surface area contributed by atoms with Crippen molar-refractivity contribution in [2.24, 2.45) is 11.3 Å². The lowest BCUT2D eigenvalue weighted by Gasteiger charge is -2.46. The van der Waals surface area contributed by atoms with Gasteiger partial charge in [0.15, 0.2) is 5.78 Å². The average Bonchev–Trinajstić information content (AvgIpc) is 2.50. The molecule has 1 nitrogen and oxygen atoms in total. The minimum absolute atomic E-state index is 0.00349. The van der Waals surface area contributed by atoms with E-state index in [1.807, 2.05) is 13.0 Å². The third-order valence-electron chi connectivity index (χ3n) is 5.38. The minimum Gasteiger partial charge on any atom is -0.294 e. The maximum atomic E-state index is 12.9. The molecule has 1 aromatic rings. The van der Waals surface area contributed by atoms with Crippen LogP contribution >= 0.6 is 11.6 Å². The number of halogens is 1. The molecule has 0 heterocycles. The molecule has 19 heavy (non-hydrogen) atoms. The summed E-state index contributed by atoms with van der Waals surface area (Å²) >= 11 is 6.22. The third-order valence-corrected chi connectivity index (χ3v) is 5.78. The Morgan fingerprint density at radius 1 is 1.21 bits per heavy atom. The van der Waals surface area contributed by atoms with E-state index in [9.17, 15) is 4.79 Å². The zero-order valence-corrected chi connectivity index (χ0v) is 12.9. The first-order valence-electron chi connectivity index (χ1n) is 7.12. The van der Waals surface area contributed by atoms with Crippen molar-refractivity contribution in [3.8, 4) is 0 Å². The van der Waals surface area contributed by atoms with E-state index in [2.05, 4.69) is 26.8 Å². The van der Waals surface area contributed by atoms with E-state index in [-0.39, 0.29) is 16.7 Å². The van der Waals surface area contributed by atoms with Crippen LogP contribution in [0.1, 0.15) is 61.5 Å². The summed E-state index contributed by atoms with van der Waals surface area (Å²) in [7, 11) is 0. The molecule has 0 aliphatic heterocycles. The first-order valence-corrected chi connectivity index (χ1v) is 7.50. The molecule has 0 N–H and O–H groups in total. The molecular weight excluding hydrogens is 256 g/mol. The number of Topliss-reactive ketones (excluding diaryl/α,β-unsaturated/α-hetero) is 1. The zero-order chi connectivity index (χ0) is 14.0. The van der Waals surface area contributed by atoms with Crippen LogP contribution in [0.4, 0.5) is 0 Å². The molecule has 1 fully saturated rings. The molecule has 2 aliphatic rings. The topological polar surface area (TPSA) is 17.1 Å². The number of hydrogen-bond acceptors (Lipinski definition) is 1. The number of benzene rings is 1. The molecule has 1 aromatic carbocycles. The standard InChI is InChI=1S/C17H21ClO/c1-10-8-12-11(9-13(10)18)14(19)15-16(2,3)6-5-7-17(12,15)4/h8-9,15H,5-7H2,1-4H3. The quantitative estimate of drug-likeness (QED) is 0.657. The molecule has 0 amide bonds. The van der Waals surface area contributed by atoms with Crippen LogP contribution in [0.25, 0.3) is 0 Å². The number of carbonyl (C=O) groups excluding carboxylic acids is 1. The second kappa shape index (κ2) is 3.85. The smallest absolute Gasteiger partial charge is 0.167 e. The highest BCUT2D eigenvalue weighted by Crippen LogP contribution is 2.58. The molecule has 0 aromatic heterocycles. The lowest BCUT2D eigenvalue weighted by molar-refractivity contribution is 0.0500. The molecule has 102 valence electrons. The number of ketones is 1. The first kappa shape index (κ1) is 13.2. The predicted molar refractivity (Wildman–Crippen MR) is 79.0 cm³/mol. The monoisotopic (exact) mass is 276 g/mol. The Kier molecular flexibility index (Phi) is 2.67. The van der Waals surface area contributed by atoms with Crippen molar-refractivity contribution in [2.75, 3.05) is 0 Å². The van der Waals surface area contributed by atoms with Crippen molar-refractivity contribution < 1.29 is 4.79 Å². The fourth-order valence-corrected chi connectivity index (χ4v) is 4.67. The Balaban J connectivity index is 2.25. The molecule has 0 radical (unpaired) electrons. The van der Waals surface area contributed by atoms with E-state index in [0.717, 1.165) is 24.0 Å². The van der Waals surface area contributed by atoms with Crippen molar-refractivity contribution in [2.45, 2.75) is 52.4 Å². The summed E-state index contributed by atoms with van der Waals surface area (Å²) in [6.45, 7) is 8.79. The summed E-state index contributed by atoms with van der Waals surface area (Å²) in [5.74, 6) is 0.422. The van der Waals surface area contributed by atoms with Crippen LogP contribution in [0, 0.1) is 18.3 Å². The molecule has 0 spiro atoms. The fraction of sp³-hybridized carbons (Fsp3) is 0.588. The number of fused-ring (bicyclic) bond motifs is 3. The van der Waals surface area contributed by atoms with Gasteiger partial charge in [0.1, 0.15) is 0 Å². The van der Waals surface area contributed by atoms with Crippen LogP contribution in [-0.2, 0) is 5.41 Å². The van der Waals surface area contributed by atoms with E-state index >= 15 is 0 Å². The molecular formula is C17H21ClO. The van der Waals surface area contributed by atoms with Gasteiger partial charge in [0.2, 0.25) is 0 Å². The maximum absolute atomic E-state index is 12.9. The van der Waals surface area contributed by atoms with Crippen LogP contribution in [0.2, 0.25) is 5.02 Å². The summed E-state index contributed by atoms with van der Waals surface area (Å²) < 4.78 is 0. The van der Waals surface area contributed by atoms with Gasteiger partial charge in [-0.2, -0.15) is 0 Å². The highest BCUT2D eigenvalue weighted by atomic mass is 35.5. The van der Waals surface area contributed by atoms with Crippen LogP contribution in [0.5, 0.6) is 0 Å². The van der Waals surface area contributed by atoms with Crippen molar-refractivity contribution in [1.82, 2.24) is 0 Å².